The third-order valence-electron chi connectivity index (χ3n) is 5.58. The SMILES string of the molecule is CN(C)c1ccc(C2C(=C(O)c3ccc(F)cc3)C(=O)C(=O)N2Cc2ccccc2)cc1. The summed E-state index contributed by atoms with van der Waals surface area (Å²) in [6.45, 7) is 0.214. The van der Waals surface area contributed by atoms with E-state index in [1.807, 2.05) is 73.6 Å². The first-order valence-electron chi connectivity index (χ1n) is 10.2. The summed E-state index contributed by atoms with van der Waals surface area (Å²) in [4.78, 5) is 29.5. The minimum absolute atomic E-state index is 0.00450. The summed E-state index contributed by atoms with van der Waals surface area (Å²) in [5.41, 5.74) is 2.81. The van der Waals surface area contributed by atoms with Crippen molar-refractivity contribution in [1.29, 1.82) is 0 Å². The number of hydrogen-bond donors (Lipinski definition) is 1. The zero-order chi connectivity index (χ0) is 22.8. The van der Waals surface area contributed by atoms with E-state index in [0.717, 1.165) is 11.3 Å². The fourth-order valence-corrected chi connectivity index (χ4v) is 3.89. The maximum atomic E-state index is 13.4. The van der Waals surface area contributed by atoms with Gasteiger partial charge in [-0.3, -0.25) is 9.59 Å². The molecule has 6 heteroatoms. The van der Waals surface area contributed by atoms with E-state index in [-0.39, 0.29) is 23.4 Å². The Morgan fingerprint density at radius 1 is 0.938 bits per heavy atom. The van der Waals surface area contributed by atoms with E-state index in [2.05, 4.69) is 0 Å². The van der Waals surface area contributed by atoms with Crippen LogP contribution in [0.15, 0.2) is 84.4 Å². The van der Waals surface area contributed by atoms with Gasteiger partial charge in [0, 0.05) is 31.9 Å². The van der Waals surface area contributed by atoms with Crippen molar-refractivity contribution in [3.8, 4) is 0 Å². The Balaban J connectivity index is 1.84. The summed E-state index contributed by atoms with van der Waals surface area (Å²) >= 11 is 0. The predicted octanol–water partition coefficient (Wildman–Crippen LogP) is 4.51. The van der Waals surface area contributed by atoms with Crippen LogP contribution in [0.3, 0.4) is 0 Å². The molecule has 0 spiro atoms. The number of rotatable bonds is 5. The van der Waals surface area contributed by atoms with Gasteiger partial charge in [0.2, 0.25) is 0 Å². The molecule has 5 nitrogen and oxygen atoms in total. The van der Waals surface area contributed by atoms with Crippen LogP contribution in [0, 0.1) is 5.82 Å². The fourth-order valence-electron chi connectivity index (χ4n) is 3.89. The molecule has 1 amide bonds. The van der Waals surface area contributed by atoms with Crippen LogP contribution in [0.2, 0.25) is 0 Å². The number of benzene rings is 3. The van der Waals surface area contributed by atoms with E-state index < -0.39 is 23.5 Å². The topological polar surface area (TPSA) is 60.9 Å². The van der Waals surface area contributed by atoms with Crippen molar-refractivity contribution in [3.05, 3.63) is 107 Å². The molecule has 0 saturated carbocycles. The van der Waals surface area contributed by atoms with Gasteiger partial charge in [0.15, 0.2) is 0 Å². The van der Waals surface area contributed by atoms with E-state index in [0.29, 0.717) is 5.56 Å². The van der Waals surface area contributed by atoms with E-state index in [4.69, 9.17) is 0 Å². The lowest BCUT2D eigenvalue weighted by Crippen LogP contribution is -2.29. The molecule has 0 radical (unpaired) electrons. The van der Waals surface area contributed by atoms with Crippen LogP contribution in [-0.2, 0) is 16.1 Å². The van der Waals surface area contributed by atoms with Crippen molar-refractivity contribution in [3.63, 3.8) is 0 Å². The lowest BCUT2D eigenvalue weighted by molar-refractivity contribution is -0.140. The van der Waals surface area contributed by atoms with Crippen LogP contribution >= 0.6 is 0 Å². The number of nitrogens with zero attached hydrogens (tertiary/aromatic N) is 2. The van der Waals surface area contributed by atoms with Gasteiger partial charge in [0.25, 0.3) is 11.7 Å². The molecule has 1 N–H and O–H groups in total. The molecule has 0 bridgehead atoms. The number of carbonyl (C=O) groups excluding carboxylic acids is 2. The Morgan fingerprint density at radius 3 is 2.16 bits per heavy atom. The molecule has 0 aromatic heterocycles. The van der Waals surface area contributed by atoms with Crippen LogP contribution in [0.1, 0.15) is 22.7 Å². The maximum absolute atomic E-state index is 13.4. The van der Waals surface area contributed by atoms with Crippen molar-refractivity contribution < 1.29 is 19.1 Å². The molecule has 1 heterocycles. The number of ketones is 1. The predicted molar refractivity (Wildman–Crippen MR) is 121 cm³/mol. The molecule has 162 valence electrons. The Kier molecular flexibility index (Phi) is 5.77. The van der Waals surface area contributed by atoms with Gasteiger partial charge in [-0.25, -0.2) is 4.39 Å². The second-order valence-electron chi connectivity index (χ2n) is 7.91. The smallest absolute Gasteiger partial charge is 0.295 e. The number of aliphatic hydroxyl groups excluding tert-OH is 1. The van der Waals surface area contributed by atoms with Crippen molar-refractivity contribution in [2.24, 2.45) is 0 Å². The average molecular weight is 430 g/mol. The quantitative estimate of drug-likeness (QED) is 0.368. The summed E-state index contributed by atoms with van der Waals surface area (Å²) in [5, 5.41) is 11.0. The van der Waals surface area contributed by atoms with Crippen molar-refractivity contribution in [1.82, 2.24) is 4.90 Å². The normalized spacial score (nSPS) is 17.6. The lowest BCUT2D eigenvalue weighted by atomic mass is 9.95. The van der Waals surface area contributed by atoms with E-state index in [9.17, 15) is 19.1 Å². The number of amides is 1. The first-order valence-corrected chi connectivity index (χ1v) is 10.2. The minimum atomic E-state index is -0.767. The number of halogens is 1. The summed E-state index contributed by atoms with van der Waals surface area (Å²) < 4.78 is 13.4. The molecule has 1 aliphatic heterocycles. The van der Waals surface area contributed by atoms with E-state index >= 15 is 0 Å². The first-order chi connectivity index (χ1) is 15.4. The van der Waals surface area contributed by atoms with Gasteiger partial charge in [-0.2, -0.15) is 0 Å². The molecule has 1 aliphatic rings. The number of Topliss-reactive ketones (excluding diaryl/α,β-unsaturated/α-hetero) is 1. The van der Waals surface area contributed by atoms with Gasteiger partial charge in [-0.05, 0) is 47.5 Å². The Morgan fingerprint density at radius 2 is 1.56 bits per heavy atom. The van der Waals surface area contributed by atoms with Crippen LogP contribution in [0.25, 0.3) is 5.76 Å². The molecular weight excluding hydrogens is 407 g/mol. The minimum Gasteiger partial charge on any atom is -0.507 e. The highest BCUT2D eigenvalue weighted by atomic mass is 19.1. The molecule has 0 aliphatic carbocycles. The van der Waals surface area contributed by atoms with E-state index in [1.165, 1.54) is 29.2 Å². The average Bonchev–Trinajstić information content (AvgIpc) is 3.05. The van der Waals surface area contributed by atoms with Gasteiger partial charge < -0.3 is 14.9 Å². The van der Waals surface area contributed by atoms with Gasteiger partial charge in [0.1, 0.15) is 11.6 Å². The van der Waals surface area contributed by atoms with Crippen molar-refractivity contribution in [2.45, 2.75) is 12.6 Å². The van der Waals surface area contributed by atoms with E-state index in [1.54, 1.807) is 0 Å². The third-order valence-corrected chi connectivity index (χ3v) is 5.58. The van der Waals surface area contributed by atoms with Crippen LogP contribution in [-0.4, -0.2) is 35.8 Å². The van der Waals surface area contributed by atoms with Crippen molar-refractivity contribution in [2.75, 3.05) is 19.0 Å². The van der Waals surface area contributed by atoms with Gasteiger partial charge in [-0.15, -0.1) is 0 Å². The summed E-state index contributed by atoms with van der Waals surface area (Å²) in [6.07, 6.45) is 0. The third kappa shape index (κ3) is 3.99. The molecule has 3 aromatic rings. The number of hydrogen-bond acceptors (Lipinski definition) is 4. The number of carbonyl (C=O) groups is 2. The lowest BCUT2D eigenvalue weighted by Gasteiger charge is -2.26. The molecule has 4 rings (SSSR count). The first kappa shape index (κ1) is 21.3. The maximum Gasteiger partial charge on any atom is 0.295 e. The second kappa shape index (κ2) is 8.67. The Labute approximate surface area is 186 Å². The molecule has 1 saturated heterocycles. The molecule has 1 atom stereocenters. The van der Waals surface area contributed by atoms with Crippen LogP contribution in [0.4, 0.5) is 10.1 Å². The zero-order valence-electron chi connectivity index (χ0n) is 17.8. The number of anilines is 1. The largest absolute Gasteiger partial charge is 0.507 e. The summed E-state index contributed by atoms with van der Waals surface area (Å²) in [7, 11) is 3.84. The molecular formula is C26H23FN2O3. The Hall–Kier alpha value is -3.93. The summed E-state index contributed by atoms with van der Waals surface area (Å²) in [5.74, 6) is -2.22. The van der Waals surface area contributed by atoms with Crippen molar-refractivity contribution >= 4 is 23.1 Å². The van der Waals surface area contributed by atoms with Crippen LogP contribution in [0.5, 0.6) is 0 Å². The van der Waals surface area contributed by atoms with Gasteiger partial charge in [0.05, 0.1) is 11.6 Å². The highest BCUT2D eigenvalue weighted by Crippen LogP contribution is 2.40. The standard InChI is InChI=1S/C26H23FN2O3/c1-28(2)21-14-10-18(11-15-21)23-22(24(30)19-8-12-20(27)13-9-19)25(31)26(32)29(23)16-17-6-4-3-5-7-17/h3-15,23,30H,16H2,1-2H3. The number of likely N-dealkylation sites (tertiary alicyclic amines) is 1. The zero-order valence-corrected chi connectivity index (χ0v) is 17.8. The number of aliphatic hydroxyl groups is 1. The molecule has 1 unspecified atom stereocenters. The van der Waals surface area contributed by atoms with Gasteiger partial charge >= 0.3 is 0 Å². The second-order valence-corrected chi connectivity index (χ2v) is 7.91. The molecule has 32 heavy (non-hydrogen) atoms. The van der Waals surface area contributed by atoms with Crippen LogP contribution < -0.4 is 4.90 Å². The fraction of sp³-hybridized carbons (Fsp3) is 0.154. The highest BCUT2D eigenvalue weighted by Gasteiger charge is 2.46. The summed E-state index contributed by atoms with van der Waals surface area (Å²) in [6, 6.07) is 21.3. The Bertz CT molecular complexity index is 1170. The van der Waals surface area contributed by atoms with Gasteiger partial charge in [-0.1, -0.05) is 42.5 Å². The highest BCUT2D eigenvalue weighted by molar-refractivity contribution is 6.46. The molecule has 1 fully saturated rings. The monoisotopic (exact) mass is 430 g/mol. The molecule has 3 aromatic carbocycles.